The molecular formula is C18H27ClN2OS. The minimum Gasteiger partial charge on any atom is -0.354 e. The van der Waals surface area contributed by atoms with E-state index in [1.807, 2.05) is 11.8 Å². The molecule has 0 bridgehead atoms. The van der Waals surface area contributed by atoms with Gasteiger partial charge in [-0.25, -0.2) is 0 Å². The summed E-state index contributed by atoms with van der Waals surface area (Å²) in [5.74, 6) is 0.961. The van der Waals surface area contributed by atoms with Gasteiger partial charge in [0.1, 0.15) is 0 Å². The van der Waals surface area contributed by atoms with Gasteiger partial charge in [-0.1, -0.05) is 31.0 Å². The van der Waals surface area contributed by atoms with Crippen LogP contribution in [0.25, 0.3) is 0 Å². The van der Waals surface area contributed by atoms with E-state index in [9.17, 15) is 4.79 Å². The average molecular weight is 355 g/mol. The van der Waals surface area contributed by atoms with Crippen molar-refractivity contribution in [1.29, 1.82) is 0 Å². The first-order chi connectivity index (χ1) is 10.8. The van der Waals surface area contributed by atoms with Crippen LogP contribution in [0.3, 0.4) is 0 Å². The molecule has 1 aromatic carbocycles. The molecule has 0 radical (unpaired) electrons. The highest BCUT2D eigenvalue weighted by Crippen LogP contribution is 2.44. The third-order valence-electron chi connectivity index (χ3n) is 4.62. The Bertz CT molecular complexity index is 487. The maximum atomic E-state index is 12.0. The van der Waals surface area contributed by atoms with Gasteiger partial charge in [0.25, 0.3) is 0 Å². The Morgan fingerprint density at radius 1 is 1.17 bits per heavy atom. The number of rotatable bonds is 8. The maximum absolute atomic E-state index is 12.0. The average Bonchev–Trinajstić information content (AvgIpc) is 3.24. The predicted molar refractivity (Wildman–Crippen MR) is 99.3 cm³/mol. The van der Waals surface area contributed by atoms with Crippen LogP contribution in [-0.4, -0.2) is 30.3 Å². The van der Waals surface area contributed by atoms with Gasteiger partial charge >= 0.3 is 0 Å². The van der Waals surface area contributed by atoms with Gasteiger partial charge in [0, 0.05) is 16.2 Å². The van der Waals surface area contributed by atoms with Gasteiger partial charge in [-0.05, 0) is 50.3 Å². The number of halogens is 1. The molecule has 0 aliphatic heterocycles. The second-order valence-electron chi connectivity index (χ2n) is 6.66. The fraction of sp³-hybridized carbons (Fsp3) is 0.611. The van der Waals surface area contributed by atoms with Gasteiger partial charge in [-0.15, -0.1) is 24.2 Å². The normalized spacial score (nSPS) is 19.1. The van der Waals surface area contributed by atoms with Crippen molar-refractivity contribution in [2.75, 3.05) is 19.6 Å². The lowest BCUT2D eigenvalue weighted by Crippen LogP contribution is -2.42. The van der Waals surface area contributed by atoms with Crippen LogP contribution in [0.15, 0.2) is 35.2 Å². The standard InChI is InChI=1S/C18H26N2OS.ClH/c21-17(13-19-12-15-8-9-15)20-14-18(10-4-5-11-18)22-16-6-2-1-3-7-16;/h1-3,6-7,15,19H,4-5,8-14H2,(H,20,21);1H. The summed E-state index contributed by atoms with van der Waals surface area (Å²) < 4.78 is 0.188. The summed E-state index contributed by atoms with van der Waals surface area (Å²) >= 11 is 1.94. The molecule has 2 saturated carbocycles. The van der Waals surface area contributed by atoms with Gasteiger partial charge in [0.15, 0.2) is 0 Å². The van der Waals surface area contributed by atoms with Gasteiger partial charge < -0.3 is 10.6 Å². The van der Waals surface area contributed by atoms with Crippen molar-refractivity contribution in [3.63, 3.8) is 0 Å². The summed E-state index contributed by atoms with van der Waals surface area (Å²) in [6, 6.07) is 10.6. The molecule has 5 heteroatoms. The van der Waals surface area contributed by atoms with Gasteiger partial charge in [-0.2, -0.15) is 0 Å². The smallest absolute Gasteiger partial charge is 0.234 e. The Hall–Kier alpha value is -0.710. The van der Waals surface area contributed by atoms with Gasteiger partial charge in [0.2, 0.25) is 5.91 Å². The lowest BCUT2D eigenvalue weighted by molar-refractivity contribution is -0.120. The van der Waals surface area contributed by atoms with Crippen molar-refractivity contribution in [3.05, 3.63) is 30.3 Å². The molecule has 0 spiro atoms. The molecule has 2 aliphatic carbocycles. The van der Waals surface area contributed by atoms with Gasteiger partial charge in [-0.3, -0.25) is 4.79 Å². The van der Waals surface area contributed by atoms with Crippen LogP contribution in [0.4, 0.5) is 0 Å². The van der Waals surface area contributed by atoms with E-state index in [4.69, 9.17) is 0 Å². The Balaban J connectivity index is 0.00000192. The molecule has 1 aromatic rings. The van der Waals surface area contributed by atoms with Crippen LogP contribution < -0.4 is 10.6 Å². The number of carbonyl (C=O) groups is 1. The van der Waals surface area contributed by atoms with Crippen LogP contribution in [-0.2, 0) is 4.79 Å². The largest absolute Gasteiger partial charge is 0.354 e. The number of benzene rings is 1. The lowest BCUT2D eigenvalue weighted by Gasteiger charge is -2.28. The van der Waals surface area contributed by atoms with E-state index < -0.39 is 0 Å². The summed E-state index contributed by atoms with van der Waals surface area (Å²) in [5.41, 5.74) is 0. The molecule has 128 valence electrons. The molecule has 1 amide bonds. The molecule has 2 N–H and O–H groups in total. The predicted octanol–water partition coefficient (Wildman–Crippen LogP) is 3.63. The second kappa shape index (κ2) is 8.95. The van der Waals surface area contributed by atoms with Crippen LogP contribution in [0.1, 0.15) is 38.5 Å². The van der Waals surface area contributed by atoms with Crippen molar-refractivity contribution in [2.45, 2.75) is 48.2 Å². The Labute approximate surface area is 149 Å². The van der Waals surface area contributed by atoms with E-state index in [0.717, 1.165) is 19.0 Å². The van der Waals surface area contributed by atoms with E-state index in [2.05, 4.69) is 41.0 Å². The molecule has 23 heavy (non-hydrogen) atoms. The zero-order chi connectivity index (χ0) is 15.3. The third-order valence-corrected chi connectivity index (χ3v) is 6.11. The number of hydrogen-bond acceptors (Lipinski definition) is 3. The minimum atomic E-state index is 0. The van der Waals surface area contributed by atoms with Crippen LogP contribution in [0, 0.1) is 5.92 Å². The Morgan fingerprint density at radius 2 is 1.87 bits per heavy atom. The van der Waals surface area contributed by atoms with E-state index in [-0.39, 0.29) is 23.1 Å². The highest BCUT2D eigenvalue weighted by molar-refractivity contribution is 8.00. The topological polar surface area (TPSA) is 41.1 Å². The molecule has 0 aromatic heterocycles. The van der Waals surface area contributed by atoms with Crippen molar-refractivity contribution in [1.82, 2.24) is 10.6 Å². The van der Waals surface area contributed by atoms with Crippen molar-refractivity contribution >= 4 is 30.1 Å². The third kappa shape index (κ3) is 6.02. The minimum absolute atomic E-state index is 0. The molecule has 3 rings (SSSR count). The molecule has 0 saturated heterocycles. The molecule has 0 heterocycles. The first-order valence-electron chi connectivity index (χ1n) is 8.47. The molecule has 2 aliphatic rings. The van der Waals surface area contributed by atoms with Crippen LogP contribution in [0.5, 0.6) is 0 Å². The fourth-order valence-electron chi connectivity index (χ4n) is 3.11. The second-order valence-corrected chi connectivity index (χ2v) is 8.20. The monoisotopic (exact) mass is 354 g/mol. The lowest BCUT2D eigenvalue weighted by atomic mass is 10.1. The first kappa shape index (κ1) is 18.6. The van der Waals surface area contributed by atoms with E-state index >= 15 is 0 Å². The first-order valence-corrected chi connectivity index (χ1v) is 9.29. The SMILES string of the molecule is Cl.O=C(CNCC1CC1)NCC1(Sc2ccccc2)CCCC1. The number of carbonyl (C=O) groups excluding carboxylic acids is 1. The maximum Gasteiger partial charge on any atom is 0.234 e. The fourth-order valence-corrected chi connectivity index (χ4v) is 4.54. The highest BCUT2D eigenvalue weighted by atomic mass is 35.5. The Morgan fingerprint density at radius 3 is 2.52 bits per heavy atom. The van der Waals surface area contributed by atoms with E-state index in [0.29, 0.717) is 6.54 Å². The van der Waals surface area contributed by atoms with Crippen molar-refractivity contribution in [3.8, 4) is 0 Å². The van der Waals surface area contributed by atoms with Gasteiger partial charge in [0.05, 0.1) is 6.54 Å². The van der Waals surface area contributed by atoms with Crippen LogP contribution >= 0.6 is 24.2 Å². The van der Waals surface area contributed by atoms with Crippen molar-refractivity contribution < 1.29 is 4.79 Å². The number of nitrogens with one attached hydrogen (secondary N) is 2. The summed E-state index contributed by atoms with van der Waals surface area (Å²) in [6.07, 6.45) is 7.59. The number of hydrogen-bond donors (Lipinski definition) is 2. The summed E-state index contributed by atoms with van der Waals surface area (Å²) in [7, 11) is 0. The number of thioether (sulfide) groups is 1. The van der Waals surface area contributed by atoms with Crippen LogP contribution in [0.2, 0.25) is 0 Å². The van der Waals surface area contributed by atoms with Crippen molar-refractivity contribution in [2.24, 2.45) is 5.92 Å². The molecule has 0 atom stereocenters. The summed E-state index contributed by atoms with van der Waals surface area (Å²) in [5, 5.41) is 6.42. The highest BCUT2D eigenvalue weighted by Gasteiger charge is 2.35. The molecular weight excluding hydrogens is 328 g/mol. The quantitative estimate of drug-likeness (QED) is 0.749. The number of amides is 1. The zero-order valence-electron chi connectivity index (χ0n) is 13.6. The Kier molecular flexibility index (Phi) is 7.25. The summed E-state index contributed by atoms with van der Waals surface area (Å²) in [4.78, 5) is 13.3. The molecule has 3 nitrogen and oxygen atoms in total. The molecule has 0 unspecified atom stereocenters. The van der Waals surface area contributed by atoms with E-state index in [1.54, 1.807) is 0 Å². The molecule has 2 fully saturated rings. The summed E-state index contributed by atoms with van der Waals surface area (Å²) in [6.45, 7) is 2.25. The zero-order valence-corrected chi connectivity index (χ0v) is 15.2. The van der Waals surface area contributed by atoms with E-state index in [1.165, 1.54) is 43.4 Å².